The highest BCUT2D eigenvalue weighted by Gasteiger charge is 2.04. The minimum Gasteiger partial charge on any atom is -0.466 e. The van der Waals surface area contributed by atoms with Crippen LogP contribution in [0.3, 0.4) is 0 Å². The van der Waals surface area contributed by atoms with Gasteiger partial charge in [-0.15, -0.1) is 11.6 Å². The van der Waals surface area contributed by atoms with Crippen LogP contribution in [-0.4, -0.2) is 18.0 Å². The first kappa shape index (κ1) is 13.8. The average molecular weight is 221 g/mol. The van der Waals surface area contributed by atoms with Crippen LogP contribution < -0.4 is 0 Å². The standard InChI is InChI=1S/C11H21ClO2/c1-3-4-5-7-11(12)8-6-9-14-10(2)13/h11H,3-9H2,1-2H3. The van der Waals surface area contributed by atoms with Gasteiger partial charge in [0.05, 0.1) is 6.61 Å². The first-order valence-corrected chi connectivity index (χ1v) is 5.88. The van der Waals surface area contributed by atoms with Gasteiger partial charge in [0.15, 0.2) is 0 Å². The molecule has 1 unspecified atom stereocenters. The smallest absolute Gasteiger partial charge is 0.302 e. The number of rotatable bonds is 8. The van der Waals surface area contributed by atoms with Crippen molar-refractivity contribution in [2.75, 3.05) is 6.61 Å². The summed E-state index contributed by atoms with van der Waals surface area (Å²) in [6.07, 6.45) is 6.59. The van der Waals surface area contributed by atoms with Gasteiger partial charge in [-0.25, -0.2) is 0 Å². The lowest BCUT2D eigenvalue weighted by atomic mass is 10.1. The molecule has 0 amide bonds. The Hall–Kier alpha value is -0.240. The van der Waals surface area contributed by atoms with Crippen molar-refractivity contribution in [2.24, 2.45) is 0 Å². The molecule has 0 rings (SSSR count). The highest BCUT2D eigenvalue weighted by atomic mass is 35.5. The second-order valence-corrected chi connectivity index (χ2v) is 4.19. The molecule has 0 aliphatic rings. The van der Waals surface area contributed by atoms with E-state index in [9.17, 15) is 4.79 Å². The maximum atomic E-state index is 10.4. The Bertz CT molecular complexity index is 148. The number of ether oxygens (including phenoxy) is 1. The molecule has 2 nitrogen and oxygen atoms in total. The second kappa shape index (κ2) is 9.32. The maximum absolute atomic E-state index is 10.4. The van der Waals surface area contributed by atoms with E-state index in [0.717, 1.165) is 19.3 Å². The van der Waals surface area contributed by atoms with Gasteiger partial charge >= 0.3 is 5.97 Å². The van der Waals surface area contributed by atoms with Crippen molar-refractivity contribution in [3.8, 4) is 0 Å². The summed E-state index contributed by atoms with van der Waals surface area (Å²) in [5, 5.41) is 0.247. The molecule has 3 heteroatoms. The van der Waals surface area contributed by atoms with Gasteiger partial charge in [0, 0.05) is 12.3 Å². The first-order chi connectivity index (χ1) is 6.66. The Morgan fingerprint density at radius 2 is 1.93 bits per heavy atom. The van der Waals surface area contributed by atoms with Gasteiger partial charge in [0.2, 0.25) is 0 Å². The number of hydrogen-bond donors (Lipinski definition) is 0. The SMILES string of the molecule is CCCCCC(Cl)CCCOC(C)=O. The minimum atomic E-state index is -0.206. The zero-order valence-electron chi connectivity index (χ0n) is 9.22. The summed E-state index contributed by atoms with van der Waals surface area (Å²) in [4.78, 5) is 10.4. The van der Waals surface area contributed by atoms with E-state index >= 15 is 0 Å². The molecule has 84 valence electrons. The Balaban J connectivity index is 3.18. The Kier molecular flexibility index (Phi) is 9.16. The van der Waals surface area contributed by atoms with Gasteiger partial charge in [-0.2, -0.15) is 0 Å². The van der Waals surface area contributed by atoms with Crippen molar-refractivity contribution in [2.45, 2.75) is 57.7 Å². The van der Waals surface area contributed by atoms with Crippen molar-refractivity contribution in [1.82, 2.24) is 0 Å². The molecule has 0 saturated carbocycles. The molecular formula is C11H21ClO2. The molecule has 14 heavy (non-hydrogen) atoms. The molecule has 0 N–H and O–H groups in total. The van der Waals surface area contributed by atoms with Crippen LogP contribution in [0.5, 0.6) is 0 Å². The van der Waals surface area contributed by atoms with Crippen LogP contribution in [0.4, 0.5) is 0 Å². The number of carbonyl (C=O) groups is 1. The molecule has 0 saturated heterocycles. The molecule has 0 aliphatic heterocycles. The summed E-state index contributed by atoms with van der Waals surface area (Å²) in [6, 6.07) is 0. The Morgan fingerprint density at radius 3 is 2.50 bits per heavy atom. The van der Waals surface area contributed by atoms with Gasteiger partial charge in [0.1, 0.15) is 0 Å². The zero-order valence-corrected chi connectivity index (χ0v) is 9.98. The molecule has 0 spiro atoms. The lowest BCUT2D eigenvalue weighted by molar-refractivity contribution is -0.141. The van der Waals surface area contributed by atoms with Crippen molar-refractivity contribution >= 4 is 17.6 Å². The number of hydrogen-bond acceptors (Lipinski definition) is 2. The van der Waals surface area contributed by atoms with Gasteiger partial charge in [0.25, 0.3) is 0 Å². The summed E-state index contributed by atoms with van der Waals surface area (Å²) in [5.74, 6) is -0.206. The number of halogens is 1. The van der Waals surface area contributed by atoms with E-state index in [-0.39, 0.29) is 11.3 Å². The van der Waals surface area contributed by atoms with E-state index in [2.05, 4.69) is 6.92 Å². The fourth-order valence-electron chi connectivity index (χ4n) is 1.28. The van der Waals surface area contributed by atoms with E-state index in [0.29, 0.717) is 6.61 Å². The molecule has 0 heterocycles. The molecule has 0 aliphatic carbocycles. The molecule has 0 aromatic rings. The molecular weight excluding hydrogens is 200 g/mol. The highest BCUT2D eigenvalue weighted by Crippen LogP contribution is 2.14. The van der Waals surface area contributed by atoms with Crippen molar-refractivity contribution in [1.29, 1.82) is 0 Å². The molecule has 1 atom stereocenters. The normalized spacial score (nSPS) is 12.5. The van der Waals surface area contributed by atoms with Crippen LogP contribution in [0.2, 0.25) is 0 Å². The lowest BCUT2D eigenvalue weighted by Gasteiger charge is -2.08. The number of unbranched alkanes of at least 4 members (excludes halogenated alkanes) is 2. The van der Waals surface area contributed by atoms with E-state index < -0.39 is 0 Å². The second-order valence-electron chi connectivity index (χ2n) is 3.58. The fraction of sp³-hybridized carbons (Fsp3) is 0.909. The Labute approximate surface area is 92.0 Å². The van der Waals surface area contributed by atoms with Crippen LogP contribution in [0.1, 0.15) is 52.4 Å². The van der Waals surface area contributed by atoms with Gasteiger partial charge in [-0.1, -0.05) is 26.2 Å². The number of alkyl halides is 1. The molecule has 0 radical (unpaired) electrons. The van der Waals surface area contributed by atoms with Crippen LogP contribution in [0.25, 0.3) is 0 Å². The summed E-state index contributed by atoms with van der Waals surface area (Å²) < 4.78 is 4.82. The van der Waals surface area contributed by atoms with Crippen molar-refractivity contribution in [3.05, 3.63) is 0 Å². The van der Waals surface area contributed by atoms with Crippen LogP contribution >= 0.6 is 11.6 Å². The highest BCUT2D eigenvalue weighted by molar-refractivity contribution is 6.20. The van der Waals surface area contributed by atoms with E-state index in [1.807, 2.05) is 0 Å². The molecule has 0 aromatic carbocycles. The van der Waals surface area contributed by atoms with Crippen LogP contribution in [-0.2, 0) is 9.53 Å². The molecule has 0 bridgehead atoms. The first-order valence-electron chi connectivity index (χ1n) is 5.44. The van der Waals surface area contributed by atoms with Crippen molar-refractivity contribution < 1.29 is 9.53 Å². The number of carbonyl (C=O) groups excluding carboxylic acids is 1. The number of esters is 1. The van der Waals surface area contributed by atoms with Crippen LogP contribution in [0, 0.1) is 0 Å². The average Bonchev–Trinajstić information content (AvgIpc) is 2.13. The third-order valence-electron chi connectivity index (χ3n) is 2.09. The minimum absolute atomic E-state index is 0.206. The van der Waals surface area contributed by atoms with Crippen molar-refractivity contribution in [3.63, 3.8) is 0 Å². The fourth-order valence-corrected chi connectivity index (χ4v) is 1.59. The van der Waals surface area contributed by atoms with E-state index in [1.54, 1.807) is 0 Å². The third-order valence-corrected chi connectivity index (χ3v) is 2.52. The molecule has 0 fully saturated rings. The van der Waals surface area contributed by atoms with Gasteiger partial charge in [-0.05, 0) is 19.3 Å². The largest absolute Gasteiger partial charge is 0.466 e. The lowest BCUT2D eigenvalue weighted by Crippen LogP contribution is -2.04. The molecule has 0 aromatic heterocycles. The summed E-state index contributed by atoms with van der Waals surface area (Å²) in [6.45, 7) is 4.12. The summed E-state index contributed by atoms with van der Waals surface area (Å²) >= 11 is 6.09. The van der Waals surface area contributed by atoms with Crippen LogP contribution in [0.15, 0.2) is 0 Å². The predicted molar refractivity (Wildman–Crippen MR) is 59.7 cm³/mol. The Morgan fingerprint density at radius 1 is 1.29 bits per heavy atom. The monoisotopic (exact) mass is 220 g/mol. The predicted octanol–water partition coefficient (Wildman–Crippen LogP) is 3.52. The topological polar surface area (TPSA) is 26.3 Å². The maximum Gasteiger partial charge on any atom is 0.302 e. The summed E-state index contributed by atoms with van der Waals surface area (Å²) in [7, 11) is 0. The summed E-state index contributed by atoms with van der Waals surface area (Å²) in [5.41, 5.74) is 0. The van der Waals surface area contributed by atoms with Gasteiger partial charge < -0.3 is 4.74 Å². The quantitative estimate of drug-likeness (QED) is 0.356. The third kappa shape index (κ3) is 9.85. The zero-order chi connectivity index (χ0) is 10.8. The van der Waals surface area contributed by atoms with E-state index in [1.165, 1.54) is 26.2 Å². The van der Waals surface area contributed by atoms with Gasteiger partial charge in [-0.3, -0.25) is 4.79 Å². The van der Waals surface area contributed by atoms with E-state index in [4.69, 9.17) is 16.3 Å².